The number of carbonyl (C=O) groups is 1. The minimum Gasteiger partial charge on any atom is -0.351 e. The van der Waals surface area contributed by atoms with E-state index in [1.807, 2.05) is 0 Å². The zero-order valence-electron chi connectivity index (χ0n) is 19.3. The summed E-state index contributed by atoms with van der Waals surface area (Å²) in [4.78, 5) is 12.7. The number of nitrogens with zero attached hydrogens (tertiary/aromatic N) is 1. The van der Waals surface area contributed by atoms with E-state index in [0.29, 0.717) is 17.7 Å². The Morgan fingerprint density at radius 2 is 1.70 bits per heavy atom. The van der Waals surface area contributed by atoms with E-state index in [0.717, 1.165) is 12.1 Å². The molecule has 3 atom stereocenters. The standard InChI is InChI=1S/C23H23F7N4O3/c1-12(14-8-15(22(25,26)27)10-16(9-14)23(28,29)30)37-20-19(13-2-4-17(24)5-3-13)34(6-7-36-20)11-18(31)33-21(32)35/h2-5,8-10,12,19-20H,6-7,11H2,1H3,(H4,31,32,33,35)/t12-,19+,20-/m1/s1. The van der Waals surface area contributed by atoms with Gasteiger partial charge in [0.2, 0.25) is 0 Å². The predicted molar refractivity (Wildman–Crippen MR) is 117 cm³/mol. The van der Waals surface area contributed by atoms with Gasteiger partial charge in [-0.05, 0) is 48.4 Å². The molecule has 0 saturated carbocycles. The molecule has 0 spiro atoms. The average molecular weight is 536 g/mol. The highest BCUT2D eigenvalue weighted by Gasteiger charge is 2.39. The number of amidine groups is 1. The van der Waals surface area contributed by atoms with Crippen LogP contribution in [0.2, 0.25) is 0 Å². The lowest BCUT2D eigenvalue weighted by Gasteiger charge is -2.42. The lowest BCUT2D eigenvalue weighted by Crippen LogP contribution is -2.51. The number of ether oxygens (including phenoxy) is 2. The molecule has 14 heteroatoms. The van der Waals surface area contributed by atoms with Crippen molar-refractivity contribution in [3.63, 3.8) is 0 Å². The van der Waals surface area contributed by atoms with Crippen LogP contribution in [0.15, 0.2) is 42.5 Å². The van der Waals surface area contributed by atoms with E-state index in [4.69, 9.17) is 20.6 Å². The minimum absolute atomic E-state index is 0.0216. The number of alkyl halides is 6. The first-order valence-corrected chi connectivity index (χ1v) is 10.8. The molecule has 0 aliphatic carbocycles. The zero-order chi connectivity index (χ0) is 27.5. The summed E-state index contributed by atoms with van der Waals surface area (Å²) in [6.45, 7) is 1.34. The van der Waals surface area contributed by atoms with Gasteiger partial charge in [0.15, 0.2) is 6.29 Å². The molecular weight excluding hydrogens is 513 g/mol. The fraction of sp³-hybridized carbons (Fsp3) is 0.391. The van der Waals surface area contributed by atoms with Crippen LogP contribution in [0, 0.1) is 11.2 Å². The molecule has 2 amide bonds. The number of halogens is 7. The van der Waals surface area contributed by atoms with E-state index in [1.54, 1.807) is 4.90 Å². The summed E-state index contributed by atoms with van der Waals surface area (Å²) in [6.07, 6.45) is -12.6. The van der Waals surface area contributed by atoms with Crippen LogP contribution in [-0.4, -0.2) is 42.8 Å². The van der Waals surface area contributed by atoms with Gasteiger partial charge in [0.25, 0.3) is 0 Å². The van der Waals surface area contributed by atoms with Gasteiger partial charge >= 0.3 is 18.4 Å². The number of urea groups is 1. The third kappa shape index (κ3) is 7.40. The number of carbonyl (C=O) groups excluding carboxylic acids is 1. The molecule has 0 aromatic heterocycles. The maximum Gasteiger partial charge on any atom is 0.416 e. The first kappa shape index (κ1) is 28.3. The van der Waals surface area contributed by atoms with Crippen molar-refractivity contribution in [3.05, 3.63) is 70.5 Å². The van der Waals surface area contributed by atoms with Gasteiger partial charge < -0.3 is 15.2 Å². The summed E-state index contributed by atoms with van der Waals surface area (Å²) in [6, 6.07) is 4.44. The van der Waals surface area contributed by atoms with Crippen molar-refractivity contribution in [2.45, 2.75) is 37.7 Å². The molecule has 7 nitrogen and oxygen atoms in total. The number of benzene rings is 2. The van der Waals surface area contributed by atoms with Crippen LogP contribution in [0.5, 0.6) is 0 Å². The Labute approximate surface area is 206 Å². The van der Waals surface area contributed by atoms with Gasteiger partial charge in [-0.15, -0.1) is 0 Å². The minimum atomic E-state index is -5.03. The fourth-order valence-corrected chi connectivity index (χ4v) is 3.89. The van der Waals surface area contributed by atoms with Crippen molar-refractivity contribution in [3.8, 4) is 0 Å². The number of primary amides is 1. The summed E-state index contributed by atoms with van der Waals surface area (Å²) in [7, 11) is 0. The van der Waals surface area contributed by atoms with E-state index >= 15 is 0 Å². The summed E-state index contributed by atoms with van der Waals surface area (Å²) >= 11 is 0. The third-order valence-corrected chi connectivity index (χ3v) is 5.58. The Morgan fingerprint density at radius 1 is 1.14 bits per heavy atom. The van der Waals surface area contributed by atoms with E-state index < -0.39 is 53.8 Å². The maximum atomic E-state index is 13.5. The number of hydrogen-bond donors (Lipinski definition) is 3. The number of rotatable bonds is 6. The monoisotopic (exact) mass is 536 g/mol. The Bertz CT molecular complexity index is 1090. The normalized spacial score (nSPS) is 19.9. The molecule has 0 bridgehead atoms. The van der Waals surface area contributed by atoms with Gasteiger partial charge in [0, 0.05) is 6.54 Å². The molecule has 1 saturated heterocycles. The SMILES string of the molecule is C[C@@H](O[C@H]1OCCN(CC(=N)NC(N)=O)[C@H]1c1ccc(F)cc1)c1cc(C(F)(F)F)cc(C(F)(F)F)c1. The Kier molecular flexibility index (Phi) is 8.45. The molecule has 0 unspecified atom stereocenters. The summed E-state index contributed by atoms with van der Waals surface area (Å²) < 4.78 is 105. The quantitative estimate of drug-likeness (QED) is 0.275. The van der Waals surface area contributed by atoms with Crippen LogP contribution in [0.4, 0.5) is 35.5 Å². The van der Waals surface area contributed by atoms with Crippen LogP contribution >= 0.6 is 0 Å². The van der Waals surface area contributed by atoms with Crippen LogP contribution in [0.1, 0.15) is 41.3 Å². The van der Waals surface area contributed by atoms with Crippen molar-refractivity contribution < 1.29 is 45.0 Å². The lowest BCUT2D eigenvalue weighted by molar-refractivity contribution is -0.227. The van der Waals surface area contributed by atoms with Crippen molar-refractivity contribution in [2.24, 2.45) is 5.73 Å². The lowest BCUT2D eigenvalue weighted by atomic mass is 10.0. The molecule has 1 fully saturated rings. The van der Waals surface area contributed by atoms with Crippen LogP contribution in [-0.2, 0) is 21.8 Å². The second kappa shape index (κ2) is 11.0. The Balaban J connectivity index is 1.94. The van der Waals surface area contributed by atoms with Crippen molar-refractivity contribution >= 4 is 11.9 Å². The topological polar surface area (TPSA) is 101 Å². The molecule has 1 aliphatic heterocycles. The largest absolute Gasteiger partial charge is 0.416 e. The van der Waals surface area contributed by atoms with Gasteiger partial charge in [-0.1, -0.05) is 12.1 Å². The highest BCUT2D eigenvalue weighted by atomic mass is 19.4. The third-order valence-electron chi connectivity index (χ3n) is 5.58. The van der Waals surface area contributed by atoms with E-state index in [9.17, 15) is 35.5 Å². The molecule has 2 aromatic rings. The Hall–Kier alpha value is -3.23. The van der Waals surface area contributed by atoms with E-state index in [1.165, 1.54) is 19.1 Å². The first-order chi connectivity index (χ1) is 17.1. The van der Waals surface area contributed by atoms with Crippen molar-refractivity contribution in [2.75, 3.05) is 19.7 Å². The van der Waals surface area contributed by atoms with Gasteiger partial charge in [-0.3, -0.25) is 15.6 Å². The molecule has 2 aromatic carbocycles. The number of amides is 2. The van der Waals surface area contributed by atoms with E-state index in [2.05, 4.69) is 5.32 Å². The highest BCUT2D eigenvalue weighted by molar-refractivity contribution is 5.96. The van der Waals surface area contributed by atoms with Gasteiger partial charge in [-0.2, -0.15) is 26.3 Å². The van der Waals surface area contributed by atoms with Crippen LogP contribution in [0.25, 0.3) is 0 Å². The molecular formula is C23H23F7N4O3. The van der Waals surface area contributed by atoms with Crippen LogP contribution < -0.4 is 11.1 Å². The Morgan fingerprint density at radius 3 is 2.22 bits per heavy atom. The maximum absolute atomic E-state index is 13.5. The number of nitrogens with two attached hydrogens (primary N) is 1. The molecule has 1 heterocycles. The van der Waals surface area contributed by atoms with E-state index in [-0.39, 0.29) is 37.2 Å². The molecule has 202 valence electrons. The smallest absolute Gasteiger partial charge is 0.351 e. The van der Waals surface area contributed by atoms with Crippen molar-refractivity contribution in [1.29, 1.82) is 5.41 Å². The fourth-order valence-electron chi connectivity index (χ4n) is 3.89. The van der Waals surface area contributed by atoms with Gasteiger partial charge in [0.05, 0.1) is 36.4 Å². The molecule has 0 radical (unpaired) electrons. The first-order valence-electron chi connectivity index (χ1n) is 10.8. The zero-order valence-corrected chi connectivity index (χ0v) is 19.3. The second-order valence-electron chi connectivity index (χ2n) is 8.29. The summed E-state index contributed by atoms with van der Waals surface area (Å²) in [5, 5.41) is 10.1. The van der Waals surface area contributed by atoms with Gasteiger partial charge in [-0.25, -0.2) is 9.18 Å². The molecule has 3 rings (SSSR count). The van der Waals surface area contributed by atoms with Crippen LogP contribution in [0.3, 0.4) is 0 Å². The highest BCUT2D eigenvalue weighted by Crippen LogP contribution is 2.39. The molecule has 1 aliphatic rings. The number of hydrogen-bond acceptors (Lipinski definition) is 5. The molecule has 4 N–H and O–H groups in total. The summed E-state index contributed by atoms with van der Waals surface area (Å²) in [5.74, 6) is -0.828. The average Bonchev–Trinajstić information content (AvgIpc) is 2.78. The number of nitrogens with one attached hydrogen (secondary N) is 2. The van der Waals surface area contributed by atoms with Gasteiger partial charge in [0.1, 0.15) is 11.7 Å². The molecule has 37 heavy (non-hydrogen) atoms. The predicted octanol–water partition coefficient (Wildman–Crippen LogP) is 4.99. The van der Waals surface area contributed by atoms with Crippen molar-refractivity contribution in [1.82, 2.24) is 10.2 Å². The number of morpholine rings is 1. The second-order valence-corrected chi connectivity index (χ2v) is 8.29. The summed E-state index contributed by atoms with van der Waals surface area (Å²) in [5.41, 5.74) is 2.12.